The van der Waals surface area contributed by atoms with Gasteiger partial charge in [0.2, 0.25) is 5.89 Å². The van der Waals surface area contributed by atoms with Gasteiger partial charge >= 0.3 is 0 Å². The van der Waals surface area contributed by atoms with E-state index in [0.717, 1.165) is 30.6 Å². The maximum absolute atomic E-state index is 10.3. The topological polar surface area (TPSA) is 70.8 Å². The number of aliphatic hydroxyl groups excluding tert-OH is 1. The molecule has 1 fully saturated rings. The molecule has 148 valence electrons. The van der Waals surface area contributed by atoms with Crippen LogP contribution in [0.5, 0.6) is 5.75 Å². The quantitative estimate of drug-likeness (QED) is 0.604. The molecule has 1 saturated heterocycles. The van der Waals surface area contributed by atoms with E-state index in [9.17, 15) is 5.11 Å². The largest absolute Gasteiger partial charge is 0.491 e. The number of β-amino-alcohol motifs (C(OH)–C–C–N with tert-alkyl or cyclic N) is 1. The molecule has 4 rings (SSSR count). The highest BCUT2D eigenvalue weighted by atomic mass is 35.5. The molecular formula is C21H24ClN3O3. The summed E-state index contributed by atoms with van der Waals surface area (Å²) in [6, 6.07) is 15.3. The van der Waals surface area contributed by atoms with E-state index in [4.69, 9.17) is 20.8 Å². The van der Waals surface area contributed by atoms with Crippen molar-refractivity contribution in [3.05, 3.63) is 59.4 Å². The molecule has 7 heteroatoms. The number of likely N-dealkylation sites (tertiary alicyclic amines) is 1. The number of benzene rings is 2. The monoisotopic (exact) mass is 401 g/mol. The zero-order valence-electron chi connectivity index (χ0n) is 15.6. The summed E-state index contributed by atoms with van der Waals surface area (Å²) in [6.07, 6.45) is 0.483. The number of fused-ring (bicyclic) bond motifs is 1. The minimum atomic E-state index is -0.547. The van der Waals surface area contributed by atoms with Crippen molar-refractivity contribution >= 4 is 22.7 Å². The average molecular weight is 402 g/mol. The summed E-state index contributed by atoms with van der Waals surface area (Å²) < 4.78 is 11.4. The van der Waals surface area contributed by atoms with Crippen molar-refractivity contribution < 1.29 is 14.3 Å². The fourth-order valence-electron chi connectivity index (χ4n) is 3.49. The van der Waals surface area contributed by atoms with Crippen LogP contribution in [0.2, 0.25) is 5.02 Å². The van der Waals surface area contributed by atoms with Gasteiger partial charge in [-0.2, -0.15) is 0 Å². The molecule has 1 aliphatic heterocycles. The maximum Gasteiger partial charge on any atom is 0.209 e. The Kier molecular flexibility index (Phi) is 6.12. The zero-order valence-corrected chi connectivity index (χ0v) is 16.3. The predicted molar refractivity (Wildman–Crippen MR) is 109 cm³/mol. The average Bonchev–Trinajstić information content (AvgIpc) is 3.31. The first-order chi connectivity index (χ1) is 13.7. The van der Waals surface area contributed by atoms with Crippen LogP contribution in [-0.4, -0.2) is 53.4 Å². The van der Waals surface area contributed by atoms with E-state index in [1.807, 2.05) is 36.4 Å². The third-order valence-electron chi connectivity index (χ3n) is 4.86. The summed E-state index contributed by atoms with van der Waals surface area (Å²) in [4.78, 5) is 6.74. The minimum absolute atomic E-state index is 0.248. The number of oxazole rings is 1. The Morgan fingerprint density at radius 2 is 2.18 bits per heavy atom. The molecule has 2 heterocycles. The van der Waals surface area contributed by atoms with Gasteiger partial charge in [-0.3, -0.25) is 4.90 Å². The molecule has 1 aliphatic rings. The van der Waals surface area contributed by atoms with Crippen molar-refractivity contribution in [3.8, 4) is 5.75 Å². The number of nitrogens with one attached hydrogen (secondary N) is 1. The Labute approximate surface area is 169 Å². The fraction of sp³-hybridized carbons (Fsp3) is 0.381. The van der Waals surface area contributed by atoms with E-state index in [1.165, 1.54) is 0 Å². The van der Waals surface area contributed by atoms with Gasteiger partial charge in [-0.1, -0.05) is 29.8 Å². The zero-order chi connectivity index (χ0) is 19.3. The molecule has 0 spiro atoms. The van der Waals surface area contributed by atoms with Gasteiger partial charge in [-0.15, -0.1) is 0 Å². The highest BCUT2D eigenvalue weighted by molar-refractivity contribution is 6.30. The van der Waals surface area contributed by atoms with Crippen molar-refractivity contribution in [3.63, 3.8) is 0 Å². The van der Waals surface area contributed by atoms with E-state index in [0.29, 0.717) is 35.8 Å². The number of halogens is 1. The highest BCUT2D eigenvalue weighted by Gasteiger charge is 2.24. The van der Waals surface area contributed by atoms with E-state index in [-0.39, 0.29) is 6.61 Å². The standard InChI is InChI=1S/C21H24ClN3O3/c22-15-4-3-5-18(10-15)27-14-17(26)13-25-9-8-16(12-25)23-11-21-24-19-6-1-2-7-20(19)28-21/h1-7,10,16-17,23,26H,8-9,11-14H2. The molecule has 2 atom stereocenters. The van der Waals surface area contributed by atoms with Crippen LogP contribution in [0.3, 0.4) is 0 Å². The molecule has 1 aromatic heterocycles. The Balaban J connectivity index is 1.19. The number of hydrogen-bond donors (Lipinski definition) is 2. The minimum Gasteiger partial charge on any atom is -0.491 e. The second kappa shape index (κ2) is 8.92. The Morgan fingerprint density at radius 1 is 1.29 bits per heavy atom. The van der Waals surface area contributed by atoms with Crippen molar-refractivity contribution in [2.75, 3.05) is 26.2 Å². The van der Waals surface area contributed by atoms with E-state index in [1.54, 1.807) is 12.1 Å². The van der Waals surface area contributed by atoms with Crippen LogP contribution in [0.1, 0.15) is 12.3 Å². The predicted octanol–water partition coefficient (Wildman–Crippen LogP) is 3.09. The number of aromatic nitrogens is 1. The van der Waals surface area contributed by atoms with Gasteiger partial charge in [-0.05, 0) is 43.3 Å². The van der Waals surface area contributed by atoms with Crippen molar-refractivity contribution in [1.29, 1.82) is 0 Å². The molecule has 28 heavy (non-hydrogen) atoms. The molecule has 0 amide bonds. The second-order valence-electron chi connectivity index (χ2n) is 7.12. The highest BCUT2D eigenvalue weighted by Crippen LogP contribution is 2.18. The van der Waals surface area contributed by atoms with Gasteiger partial charge < -0.3 is 19.6 Å². The Hall–Kier alpha value is -2.12. The first kappa shape index (κ1) is 19.2. The van der Waals surface area contributed by atoms with Crippen molar-refractivity contribution in [1.82, 2.24) is 15.2 Å². The van der Waals surface area contributed by atoms with Gasteiger partial charge in [0, 0.05) is 24.2 Å². The van der Waals surface area contributed by atoms with Crippen LogP contribution in [0.4, 0.5) is 0 Å². The molecule has 2 N–H and O–H groups in total. The van der Waals surface area contributed by atoms with Crippen LogP contribution in [0, 0.1) is 0 Å². The van der Waals surface area contributed by atoms with Crippen LogP contribution >= 0.6 is 11.6 Å². The lowest BCUT2D eigenvalue weighted by Gasteiger charge is -2.20. The molecular weight excluding hydrogens is 378 g/mol. The van der Waals surface area contributed by atoms with Gasteiger partial charge in [0.25, 0.3) is 0 Å². The lowest BCUT2D eigenvalue weighted by Crippen LogP contribution is -2.37. The summed E-state index contributed by atoms with van der Waals surface area (Å²) in [5.41, 5.74) is 1.70. The van der Waals surface area contributed by atoms with Gasteiger partial charge in [-0.25, -0.2) is 4.98 Å². The van der Waals surface area contributed by atoms with E-state index >= 15 is 0 Å². The van der Waals surface area contributed by atoms with Gasteiger partial charge in [0.05, 0.1) is 6.54 Å². The van der Waals surface area contributed by atoms with Crippen molar-refractivity contribution in [2.24, 2.45) is 0 Å². The van der Waals surface area contributed by atoms with Gasteiger partial charge in [0.15, 0.2) is 5.58 Å². The summed E-state index contributed by atoms with van der Waals surface area (Å²) in [6.45, 7) is 3.26. The first-order valence-corrected chi connectivity index (χ1v) is 9.90. The molecule has 0 radical (unpaired) electrons. The molecule has 2 aromatic carbocycles. The third-order valence-corrected chi connectivity index (χ3v) is 5.10. The van der Waals surface area contributed by atoms with Crippen LogP contribution in [-0.2, 0) is 6.54 Å². The fourth-order valence-corrected chi connectivity index (χ4v) is 3.67. The molecule has 2 unspecified atom stereocenters. The molecule has 3 aromatic rings. The third kappa shape index (κ3) is 5.02. The molecule has 6 nitrogen and oxygen atoms in total. The van der Waals surface area contributed by atoms with Crippen molar-refractivity contribution in [2.45, 2.75) is 25.1 Å². The number of rotatable bonds is 8. The molecule has 0 bridgehead atoms. The number of nitrogens with zero attached hydrogens (tertiary/aromatic N) is 2. The summed E-state index contributed by atoms with van der Waals surface area (Å²) >= 11 is 5.94. The van der Waals surface area contributed by atoms with E-state index < -0.39 is 6.10 Å². The molecule has 0 saturated carbocycles. The summed E-state index contributed by atoms with van der Waals surface area (Å²) in [7, 11) is 0. The maximum atomic E-state index is 10.3. The number of aliphatic hydroxyl groups is 1. The van der Waals surface area contributed by atoms with Crippen LogP contribution in [0.15, 0.2) is 52.9 Å². The smallest absolute Gasteiger partial charge is 0.209 e. The second-order valence-corrected chi connectivity index (χ2v) is 7.56. The van der Waals surface area contributed by atoms with Gasteiger partial charge in [0.1, 0.15) is 24.0 Å². The normalized spacial score (nSPS) is 18.6. The first-order valence-electron chi connectivity index (χ1n) is 9.52. The Bertz CT molecular complexity index is 884. The summed E-state index contributed by atoms with van der Waals surface area (Å²) in [5.74, 6) is 1.38. The number of hydrogen-bond acceptors (Lipinski definition) is 6. The van der Waals surface area contributed by atoms with Crippen LogP contribution in [0.25, 0.3) is 11.1 Å². The van der Waals surface area contributed by atoms with E-state index in [2.05, 4.69) is 15.2 Å². The van der Waals surface area contributed by atoms with Crippen LogP contribution < -0.4 is 10.1 Å². The SMILES string of the molecule is OC(COc1cccc(Cl)c1)CN1CCC(NCc2nc3ccccc3o2)C1. The number of para-hydroxylation sites is 2. The lowest BCUT2D eigenvalue weighted by atomic mass is 10.2. The Morgan fingerprint density at radius 3 is 3.04 bits per heavy atom. The molecule has 0 aliphatic carbocycles. The number of ether oxygens (including phenoxy) is 1. The summed E-state index contributed by atoms with van der Waals surface area (Å²) in [5, 5.41) is 14.4. The lowest BCUT2D eigenvalue weighted by molar-refractivity contribution is 0.0751.